The lowest BCUT2D eigenvalue weighted by Gasteiger charge is -2.13. The van der Waals surface area contributed by atoms with Crippen molar-refractivity contribution in [1.82, 2.24) is 4.98 Å². The Morgan fingerprint density at radius 3 is 2.27 bits per heavy atom. The van der Waals surface area contributed by atoms with Gasteiger partial charge < -0.3 is 20.1 Å². The molecule has 2 N–H and O–H groups in total. The number of anilines is 2. The van der Waals surface area contributed by atoms with Crippen LogP contribution in [-0.2, 0) is 0 Å². The van der Waals surface area contributed by atoms with Crippen LogP contribution in [0.25, 0.3) is 0 Å². The molecule has 2 rings (SSSR count). The Morgan fingerprint density at radius 2 is 1.59 bits per heavy atom. The molecule has 2 aromatic rings. The number of urea groups is 1. The molecule has 0 unspecified atom stereocenters. The largest absolute Gasteiger partial charge is 0.490 e. The van der Waals surface area contributed by atoms with Gasteiger partial charge in [0.2, 0.25) is 0 Å². The van der Waals surface area contributed by atoms with Crippen molar-refractivity contribution in [1.29, 1.82) is 0 Å². The van der Waals surface area contributed by atoms with E-state index in [0.717, 1.165) is 0 Å². The first-order valence-electron chi connectivity index (χ1n) is 7.10. The Morgan fingerprint density at radius 1 is 0.955 bits per heavy atom. The number of ether oxygens (including phenoxy) is 2. The Balaban J connectivity index is 2.05. The number of carbonyl (C=O) groups is 1. The average molecular weight is 301 g/mol. The molecule has 6 heteroatoms. The van der Waals surface area contributed by atoms with E-state index in [9.17, 15) is 4.79 Å². The van der Waals surface area contributed by atoms with Gasteiger partial charge in [0.05, 0.1) is 13.2 Å². The zero-order valence-corrected chi connectivity index (χ0v) is 12.6. The van der Waals surface area contributed by atoms with E-state index < -0.39 is 0 Å². The molecule has 0 radical (unpaired) electrons. The fourth-order valence-corrected chi connectivity index (χ4v) is 1.86. The van der Waals surface area contributed by atoms with Crippen molar-refractivity contribution in [2.75, 3.05) is 23.8 Å². The van der Waals surface area contributed by atoms with Gasteiger partial charge in [0.1, 0.15) is 0 Å². The van der Waals surface area contributed by atoms with Gasteiger partial charge in [-0.05, 0) is 38.1 Å². The van der Waals surface area contributed by atoms with Crippen LogP contribution in [0.3, 0.4) is 0 Å². The highest BCUT2D eigenvalue weighted by Crippen LogP contribution is 2.30. The molecule has 0 saturated carbocycles. The molecule has 0 spiro atoms. The van der Waals surface area contributed by atoms with Crippen LogP contribution < -0.4 is 20.1 Å². The summed E-state index contributed by atoms with van der Waals surface area (Å²) in [6.45, 7) is 4.87. The van der Waals surface area contributed by atoms with Gasteiger partial charge in [0, 0.05) is 29.8 Å². The maximum atomic E-state index is 11.9. The number of carbonyl (C=O) groups excluding carboxylic acids is 1. The second kappa shape index (κ2) is 7.87. The molecule has 0 bridgehead atoms. The number of pyridine rings is 1. The predicted octanol–water partition coefficient (Wildman–Crippen LogP) is 3.52. The third-order valence-corrected chi connectivity index (χ3v) is 2.74. The predicted molar refractivity (Wildman–Crippen MR) is 85.7 cm³/mol. The highest BCUT2D eigenvalue weighted by Gasteiger charge is 2.08. The molecule has 0 aliphatic heterocycles. The van der Waals surface area contributed by atoms with Crippen molar-refractivity contribution in [2.45, 2.75) is 13.8 Å². The van der Waals surface area contributed by atoms with Gasteiger partial charge in [-0.15, -0.1) is 0 Å². The summed E-state index contributed by atoms with van der Waals surface area (Å²) in [5.74, 6) is 1.26. The molecule has 1 aromatic heterocycles. The van der Waals surface area contributed by atoms with Crippen LogP contribution in [-0.4, -0.2) is 24.2 Å². The molecular formula is C16H19N3O3. The minimum absolute atomic E-state index is 0.335. The number of nitrogens with zero attached hydrogens (tertiary/aromatic N) is 1. The van der Waals surface area contributed by atoms with E-state index in [4.69, 9.17) is 9.47 Å². The van der Waals surface area contributed by atoms with Gasteiger partial charge >= 0.3 is 6.03 Å². The summed E-state index contributed by atoms with van der Waals surface area (Å²) in [6, 6.07) is 8.36. The molecule has 0 aliphatic carbocycles. The van der Waals surface area contributed by atoms with E-state index in [1.807, 2.05) is 13.8 Å². The van der Waals surface area contributed by atoms with Crippen LogP contribution in [0.1, 0.15) is 13.8 Å². The van der Waals surface area contributed by atoms with E-state index in [2.05, 4.69) is 15.6 Å². The summed E-state index contributed by atoms with van der Waals surface area (Å²) in [4.78, 5) is 15.8. The summed E-state index contributed by atoms with van der Waals surface area (Å²) in [5.41, 5.74) is 1.29. The summed E-state index contributed by atoms with van der Waals surface area (Å²) >= 11 is 0. The van der Waals surface area contributed by atoms with Gasteiger partial charge in [0.15, 0.2) is 11.5 Å². The first-order chi connectivity index (χ1) is 10.7. The number of rotatable bonds is 6. The second-order valence-corrected chi connectivity index (χ2v) is 4.34. The molecule has 0 fully saturated rings. The smallest absolute Gasteiger partial charge is 0.323 e. The van der Waals surface area contributed by atoms with Gasteiger partial charge in [-0.2, -0.15) is 0 Å². The lowest BCUT2D eigenvalue weighted by Crippen LogP contribution is -2.19. The molecule has 2 amide bonds. The zero-order chi connectivity index (χ0) is 15.8. The summed E-state index contributed by atoms with van der Waals surface area (Å²) in [5, 5.41) is 5.47. The monoisotopic (exact) mass is 301 g/mol. The third-order valence-electron chi connectivity index (χ3n) is 2.74. The zero-order valence-electron chi connectivity index (χ0n) is 12.6. The fourth-order valence-electron chi connectivity index (χ4n) is 1.86. The molecular weight excluding hydrogens is 282 g/mol. The minimum Gasteiger partial charge on any atom is -0.490 e. The lowest BCUT2D eigenvalue weighted by molar-refractivity contribution is 0.262. The van der Waals surface area contributed by atoms with E-state index in [-0.39, 0.29) is 6.03 Å². The maximum absolute atomic E-state index is 11.9. The molecule has 0 saturated heterocycles. The van der Waals surface area contributed by atoms with Gasteiger partial charge in [0.25, 0.3) is 0 Å². The Bertz CT molecular complexity index is 617. The normalized spacial score (nSPS) is 9.91. The van der Waals surface area contributed by atoms with Crippen molar-refractivity contribution >= 4 is 17.4 Å². The minimum atomic E-state index is -0.335. The van der Waals surface area contributed by atoms with Gasteiger partial charge in [-0.25, -0.2) is 4.79 Å². The quantitative estimate of drug-likeness (QED) is 0.856. The Kier molecular flexibility index (Phi) is 5.59. The van der Waals surface area contributed by atoms with Crippen LogP contribution in [0.5, 0.6) is 11.5 Å². The number of nitrogens with one attached hydrogen (secondary N) is 2. The molecule has 1 aromatic carbocycles. The summed E-state index contributed by atoms with van der Waals surface area (Å²) in [7, 11) is 0. The number of hydrogen-bond acceptors (Lipinski definition) is 4. The van der Waals surface area contributed by atoms with Crippen LogP contribution >= 0.6 is 0 Å². The van der Waals surface area contributed by atoms with Gasteiger partial charge in [-0.3, -0.25) is 4.98 Å². The molecule has 0 aliphatic rings. The number of benzene rings is 1. The van der Waals surface area contributed by atoms with Crippen molar-refractivity contribution < 1.29 is 14.3 Å². The molecule has 6 nitrogen and oxygen atoms in total. The standard InChI is InChI=1S/C16H19N3O3/c1-3-21-14-6-5-13(11-15(14)22-4-2)19-16(20)18-12-7-9-17-10-8-12/h5-11H,3-4H2,1-2H3,(H2,17,18,19,20). The SMILES string of the molecule is CCOc1ccc(NC(=O)Nc2ccncc2)cc1OCC. The topological polar surface area (TPSA) is 72.5 Å². The first kappa shape index (κ1) is 15.6. The highest BCUT2D eigenvalue weighted by molar-refractivity contribution is 5.99. The van der Waals surface area contributed by atoms with Crippen molar-refractivity contribution in [3.05, 3.63) is 42.7 Å². The van der Waals surface area contributed by atoms with E-state index >= 15 is 0 Å². The average Bonchev–Trinajstić information content (AvgIpc) is 2.51. The number of amides is 2. The van der Waals surface area contributed by atoms with E-state index in [1.165, 1.54) is 0 Å². The van der Waals surface area contributed by atoms with Crippen LogP contribution in [0.2, 0.25) is 0 Å². The highest BCUT2D eigenvalue weighted by atomic mass is 16.5. The molecule has 1 heterocycles. The Hall–Kier alpha value is -2.76. The molecule has 0 atom stereocenters. The van der Waals surface area contributed by atoms with Crippen LogP contribution in [0, 0.1) is 0 Å². The number of aromatic nitrogens is 1. The van der Waals surface area contributed by atoms with Crippen molar-refractivity contribution in [2.24, 2.45) is 0 Å². The summed E-state index contributed by atoms with van der Waals surface area (Å²) < 4.78 is 11.0. The van der Waals surface area contributed by atoms with Crippen molar-refractivity contribution in [3.8, 4) is 11.5 Å². The van der Waals surface area contributed by atoms with E-state index in [0.29, 0.717) is 36.1 Å². The third kappa shape index (κ3) is 4.37. The van der Waals surface area contributed by atoms with Gasteiger partial charge in [-0.1, -0.05) is 0 Å². The van der Waals surface area contributed by atoms with Crippen molar-refractivity contribution in [3.63, 3.8) is 0 Å². The fraction of sp³-hybridized carbons (Fsp3) is 0.250. The van der Waals surface area contributed by atoms with E-state index in [1.54, 1.807) is 42.7 Å². The first-order valence-corrected chi connectivity index (χ1v) is 7.10. The Labute approximate surface area is 129 Å². The van der Waals surface area contributed by atoms with Crippen LogP contribution in [0.4, 0.5) is 16.2 Å². The van der Waals surface area contributed by atoms with Crippen LogP contribution in [0.15, 0.2) is 42.7 Å². The lowest BCUT2D eigenvalue weighted by atomic mass is 10.2. The summed E-state index contributed by atoms with van der Waals surface area (Å²) in [6.07, 6.45) is 3.22. The number of hydrogen-bond donors (Lipinski definition) is 2. The maximum Gasteiger partial charge on any atom is 0.323 e. The molecule has 22 heavy (non-hydrogen) atoms. The second-order valence-electron chi connectivity index (χ2n) is 4.34. The molecule has 116 valence electrons.